The predicted molar refractivity (Wildman–Crippen MR) is 116 cm³/mol. The lowest BCUT2D eigenvalue weighted by Crippen LogP contribution is -2.48. The van der Waals surface area contributed by atoms with Gasteiger partial charge in [-0.25, -0.2) is 0 Å². The number of allylic oxidation sites excluding steroid dienone is 5. The summed E-state index contributed by atoms with van der Waals surface area (Å²) in [7, 11) is -9.63. The summed E-state index contributed by atoms with van der Waals surface area (Å²) in [6.07, 6.45) is 9.28. The Bertz CT molecular complexity index is 347. The van der Waals surface area contributed by atoms with Crippen molar-refractivity contribution in [1.29, 1.82) is 0 Å². The Kier molecular flexibility index (Phi) is 12.4. The highest BCUT2D eigenvalue weighted by molar-refractivity contribution is 6.74. The average Bonchev–Trinajstić information content (AvgIpc) is 2.55. The molecule has 5 nitrogen and oxygen atoms in total. The molecule has 0 atom stereocenters. The first kappa shape index (κ1) is 22.6. The highest BCUT2D eigenvalue weighted by atomic mass is 28.5. The quantitative estimate of drug-likeness (QED) is 0.392. The molecule has 140 valence electrons. The van der Waals surface area contributed by atoms with Crippen LogP contribution >= 0.6 is 0 Å². The minimum Gasteiger partial charge on any atom is -0.420 e. The molecule has 10 heteroatoms. The molecule has 1 rings (SSSR count). The molecule has 0 N–H and O–H groups in total. The van der Waals surface area contributed by atoms with Gasteiger partial charge in [-0.3, -0.25) is 0 Å². The van der Waals surface area contributed by atoms with E-state index in [1.54, 1.807) is 0 Å². The fourth-order valence-electron chi connectivity index (χ4n) is 2.24. The zero-order valence-electron chi connectivity index (χ0n) is 14.9. The van der Waals surface area contributed by atoms with Crippen LogP contribution in [0.25, 0.3) is 0 Å². The van der Waals surface area contributed by atoms with Crippen LogP contribution in [0.1, 0.15) is 0 Å². The molecule has 0 aromatic rings. The van der Waals surface area contributed by atoms with Crippen molar-refractivity contribution in [3.63, 3.8) is 0 Å². The number of hydrogen-bond donors (Lipinski definition) is 0. The first-order valence-electron chi connectivity index (χ1n) is 8.48. The second-order valence-electron chi connectivity index (χ2n) is 5.45. The summed E-state index contributed by atoms with van der Waals surface area (Å²) in [5.41, 5.74) is 0. The molecule has 0 radical (unpaired) electrons. The molecule has 1 heterocycles. The summed E-state index contributed by atoms with van der Waals surface area (Å²) in [4.78, 5) is 0. The van der Waals surface area contributed by atoms with Gasteiger partial charge in [0.05, 0.1) is 0 Å². The predicted octanol–water partition coefficient (Wildman–Crippen LogP) is 2.12. The molecule has 25 heavy (non-hydrogen) atoms. The van der Waals surface area contributed by atoms with Crippen LogP contribution in [0.4, 0.5) is 0 Å². The van der Waals surface area contributed by atoms with Crippen LogP contribution in [-0.2, 0) is 20.6 Å². The summed E-state index contributed by atoms with van der Waals surface area (Å²) in [6, 6.07) is 3.66. The van der Waals surface area contributed by atoms with Gasteiger partial charge in [-0.1, -0.05) is 30.4 Å². The van der Waals surface area contributed by atoms with Crippen molar-refractivity contribution in [3.8, 4) is 0 Å². The topological polar surface area (TPSA) is 46.2 Å². The molecule has 0 spiro atoms. The van der Waals surface area contributed by atoms with Gasteiger partial charge in [0.25, 0.3) is 0 Å². The molecular formula is C15H30O5Si5. The van der Waals surface area contributed by atoms with Crippen molar-refractivity contribution >= 4 is 46.4 Å². The summed E-state index contributed by atoms with van der Waals surface area (Å²) in [5.74, 6) is 0. The maximum Gasteiger partial charge on any atom is 0.307 e. The van der Waals surface area contributed by atoms with Crippen molar-refractivity contribution in [2.75, 3.05) is 0 Å². The van der Waals surface area contributed by atoms with Crippen LogP contribution in [0.5, 0.6) is 0 Å². The Morgan fingerprint density at radius 2 is 0.560 bits per heavy atom. The lowest BCUT2D eigenvalue weighted by atomic mass is 10.8. The van der Waals surface area contributed by atoms with E-state index in [1.807, 2.05) is 30.4 Å². The van der Waals surface area contributed by atoms with Crippen LogP contribution in [0.15, 0.2) is 63.3 Å². The average molecular weight is 431 g/mol. The highest BCUT2D eigenvalue weighted by Crippen LogP contribution is 2.17. The molecule has 0 aromatic carbocycles. The summed E-state index contributed by atoms with van der Waals surface area (Å²) >= 11 is 0. The third-order valence-electron chi connectivity index (χ3n) is 3.31. The monoisotopic (exact) mass is 430 g/mol. The Morgan fingerprint density at radius 3 is 0.680 bits per heavy atom. The van der Waals surface area contributed by atoms with E-state index in [2.05, 4.69) is 32.9 Å². The lowest BCUT2D eigenvalue weighted by molar-refractivity contribution is 0.286. The largest absolute Gasteiger partial charge is 0.420 e. The molecule has 0 bridgehead atoms. The SMILES string of the molecule is C=CC[SiH]1O[SiH](CC=C)O[SiH](CC=C)O[SiH](CC=C)O[SiH](CC=C)O1. The molecule has 0 aliphatic carbocycles. The first-order chi connectivity index (χ1) is 12.2. The zero-order valence-corrected chi connectivity index (χ0v) is 20.7. The van der Waals surface area contributed by atoms with Crippen molar-refractivity contribution < 1.29 is 20.6 Å². The Hall–Kier alpha value is -0.416. The van der Waals surface area contributed by atoms with Crippen molar-refractivity contribution in [3.05, 3.63) is 63.3 Å². The van der Waals surface area contributed by atoms with E-state index in [9.17, 15) is 0 Å². The fourth-order valence-corrected chi connectivity index (χ4v) is 19.0. The van der Waals surface area contributed by atoms with Crippen molar-refractivity contribution in [2.45, 2.75) is 30.2 Å². The maximum atomic E-state index is 6.28. The van der Waals surface area contributed by atoms with E-state index in [-0.39, 0.29) is 0 Å². The van der Waals surface area contributed by atoms with Crippen LogP contribution in [0.2, 0.25) is 30.2 Å². The Balaban J connectivity index is 3.03. The van der Waals surface area contributed by atoms with E-state index in [0.29, 0.717) is 0 Å². The van der Waals surface area contributed by atoms with Gasteiger partial charge >= 0.3 is 46.4 Å². The van der Waals surface area contributed by atoms with Gasteiger partial charge in [-0.15, -0.1) is 32.9 Å². The van der Waals surface area contributed by atoms with E-state index >= 15 is 0 Å². The van der Waals surface area contributed by atoms with Crippen molar-refractivity contribution in [2.24, 2.45) is 0 Å². The van der Waals surface area contributed by atoms with Gasteiger partial charge in [0.2, 0.25) is 0 Å². The molecule has 1 aliphatic heterocycles. The molecule has 0 aromatic heterocycles. The Labute approximate surface area is 160 Å². The number of hydrogen-bond acceptors (Lipinski definition) is 5. The molecule has 0 unspecified atom stereocenters. The lowest BCUT2D eigenvalue weighted by Gasteiger charge is -2.33. The standard InChI is InChI=1S/C15H30O5Si5/c1-6-11-21-16-22(12-7-2)18-24(14-9-4)20-25(15-10-5)19-23(17-21)13-8-3/h6-10,21-25H,1-5,11-15H2. The van der Waals surface area contributed by atoms with E-state index in [0.717, 1.165) is 30.2 Å². The van der Waals surface area contributed by atoms with Gasteiger partial charge in [-0.2, -0.15) is 0 Å². The third kappa shape index (κ3) is 9.19. The van der Waals surface area contributed by atoms with Crippen LogP contribution in [0.3, 0.4) is 0 Å². The zero-order chi connectivity index (χ0) is 18.5. The second kappa shape index (κ2) is 13.7. The van der Waals surface area contributed by atoms with Crippen LogP contribution < -0.4 is 0 Å². The summed E-state index contributed by atoms with van der Waals surface area (Å²) in [6.45, 7) is 19.2. The highest BCUT2D eigenvalue weighted by Gasteiger charge is 2.33. The fraction of sp³-hybridized carbons (Fsp3) is 0.333. The third-order valence-corrected chi connectivity index (χ3v) is 19.0. The molecule has 1 fully saturated rings. The van der Waals surface area contributed by atoms with E-state index in [1.165, 1.54) is 0 Å². The summed E-state index contributed by atoms with van der Waals surface area (Å²) in [5, 5.41) is 0. The van der Waals surface area contributed by atoms with E-state index in [4.69, 9.17) is 20.6 Å². The normalized spacial score (nSPS) is 30.8. The van der Waals surface area contributed by atoms with Gasteiger partial charge in [-0.05, 0) is 0 Å². The molecule has 1 saturated heterocycles. The van der Waals surface area contributed by atoms with Crippen LogP contribution in [-0.4, -0.2) is 46.4 Å². The van der Waals surface area contributed by atoms with Crippen LogP contribution in [0, 0.1) is 0 Å². The van der Waals surface area contributed by atoms with Gasteiger partial charge < -0.3 is 20.6 Å². The second-order valence-corrected chi connectivity index (χ2v) is 17.5. The first-order valence-corrected chi connectivity index (χ1v) is 17.3. The molecule has 1 aliphatic rings. The molecular weight excluding hydrogens is 401 g/mol. The Morgan fingerprint density at radius 1 is 0.400 bits per heavy atom. The molecule has 0 saturated carbocycles. The van der Waals surface area contributed by atoms with Gasteiger partial charge in [0.1, 0.15) is 0 Å². The number of rotatable bonds is 10. The maximum absolute atomic E-state index is 6.28. The smallest absolute Gasteiger partial charge is 0.307 e. The van der Waals surface area contributed by atoms with Crippen molar-refractivity contribution in [1.82, 2.24) is 0 Å². The minimum atomic E-state index is -1.93. The van der Waals surface area contributed by atoms with Gasteiger partial charge in [0, 0.05) is 30.2 Å². The van der Waals surface area contributed by atoms with E-state index < -0.39 is 46.4 Å². The molecule has 0 amide bonds. The van der Waals surface area contributed by atoms with Gasteiger partial charge in [0.15, 0.2) is 0 Å². The minimum absolute atomic E-state index is 0.732. The summed E-state index contributed by atoms with van der Waals surface area (Å²) < 4.78 is 31.4.